The van der Waals surface area contributed by atoms with Crippen LogP contribution in [-0.2, 0) is 10.0 Å². The van der Waals surface area contributed by atoms with E-state index in [9.17, 15) is 8.42 Å². The first-order valence-corrected chi connectivity index (χ1v) is 9.48. The molecule has 1 heterocycles. The molecule has 0 bridgehead atoms. The van der Waals surface area contributed by atoms with Crippen molar-refractivity contribution >= 4 is 33.2 Å². The van der Waals surface area contributed by atoms with Crippen molar-refractivity contribution in [1.29, 1.82) is 0 Å². The molecule has 0 saturated carbocycles. The van der Waals surface area contributed by atoms with Crippen molar-refractivity contribution in [3.63, 3.8) is 0 Å². The number of benzene rings is 2. The maximum atomic E-state index is 12.6. The van der Waals surface area contributed by atoms with Crippen molar-refractivity contribution in [3.05, 3.63) is 52.0 Å². The van der Waals surface area contributed by atoms with Gasteiger partial charge in [0.25, 0.3) is 0 Å². The highest BCUT2D eigenvalue weighted by atomic mass is 35.5. The highest BCUT2D eigenvalue weighted by Gasteiger charge is 2.23. The van der Waals surface area contributed by atoms with Crippen LogP contribution < -0.4 is 14.2 Å². The van der Waals surface area contributed by atoms with Gasteiger partial charge in [0.05, 0.1) is 5.02 Å². The Balaban J connectivity index is 1.86. The normalized spacial score (nSPS) is 15.1. The highest BCUT2D eigenvalue weighted by molar-refractivity contribution is 7.89. The number of ether oxygens (including phenoxy) is 2. The summed E-state index contributed by atoms with van der Waals surface area (Å²) in [5.41, 5.74) is 0.751. The van der Waals surface area contributed by atoms with E-state index in [-0.39, 0.29) is 9.92 Å². The van der Waals surface area contributed by atoms with Crippen molar-refractivity contribution in [2.75, 3.05) is 13.2 Å². The summed E-state index contributed by atoms with van der Waals surface area (Å²) in [5, 5.41) is 0.410. The van der Waals surface area contributed by atoms with Gasteiger partial charge < -0.3 is 9.47 Å². The zero-order valence-corrected chi connectivity index (χ0v) is 15.1. The van der Waals surface area contributed by atoms with E-state index in [1.807, 2.05) is 0 Å². The molecule has 1 N–H and O–H groups in total. The smallest absolute Gasteiger partial charge is 0.242 e. The lowest BCUT2D eigenvalue weighted by Gasteiger charge is -2.21. The molecule has 3 rings (SSSR count). The van der Waals surface area contributed by atoms with Crippen LogP contribution in [0.4, 0.5) is 0 Å². The van der Waals surface area contributed by atoms with E-state index in [1.54, 1.807) is 25.1 Å². The summed E-state index contributed by atoms with van der Waals surface area (Å²) in [7, 11) is -3.82. The van der Waals surface area contributed by atoms with E-state index < -0.39 is 16.1 Å². The molecular weight excluding hydrogens is 373 g/mol. The number of halogens is 2. The van der Waals surface area contributed by atoms with E-state index in [1.165, 1.54) is 18.2 Å². The molecule has 1 atom stereocenters. The molecule has 0 saturated heterocycles. The van der Waals surface area contributed by atoms with Gasteiger partial charge in [-0.05, 0) is 42.8 Å². The van der Waals surface area contributed by atoms with Crippen LogP contribution in [0.25, 0.3) is 0 Å². The zero-order chi connectivity index (χ0) is 17.3. The van der Waals surface area contributed by atoms with Gasteiger partial charge in [-0.15, -0.1) is 0 Å². The number of hydrogen-bond acceptors (Lipinski definition) is 4. The fourth-order valence-corrected chi connectivity index (χ4v) is 4.37. The maximum absolute atomic E-state index is 12.6. The van der Waals surface area contributed by atoms with Crippen LogP contribution >= 0.6 is 23.2 Å². The Kier molecular flexibility index (Phi) is 4.92. The molecule has 0 aromatic heterocycles. The van der Waals surface area contributed by atoms with Crippen LogP contribution in [0.5, 0.6) is 11.5 Å². The summed E-state index contributed by atoms with van der Waals surface area (Å²) >= 11 is 11.9. The minimum atomic E-state index is -3.82. The molecule has 1 aliphatic heterocycles. The average Bonchev–Trinajstić information content (AvgIpc) is 2.56. The van der Waals surface area contributed by atoms with Gasteiger partial charge in [0.15, 0.2) is 11.5 Å². The fourth-order valence-electron chi connectivity index (χ4n) is 2.38. The maximum Gasteiger partial charge on any atom is 0.242 e. The molecule has 24 heavy (non-hydrogen) atoms. The van der Waals surface area contributed by atoms with Gasteiger partial charge in [0, 0.05) is 11.1 Å². The zero-order valence-electron chi connectivity index (χ0n) is 12.8. The SMILES string of the molecule is C[C@H](NS(=O)(=O)c1cc(Cl)ccc1Cl)c1ccc2c(c1)OCCO2. The van der Waals surface area contributed by atoms with Gasteiger partial charge in [-0.25, -0.2) is 13.1 Å². The number of fused-ring (bicyclic) bond motifs is 1. The Bertz CT molecular complexity index is 870. The second-order valence-electron chi connectivity index (χ2n) is 5.32. The minimum Gasteiger partial charge on any atom is -0.486 e. The van der Waals surface area contributed by atoms with E-state index >= 15 is 0 Å². The number of hydrogen-bond donors (Lipinski definition) is 1. The molecule has 0 radical (unpaired) electrons. The second-order valence-corrected chi connectivity index (χ2v) is 7.85. The molecule has 0 aliphatic carbocycles. The first-order valence-electron chi connectivity index (χ1n) is 7.24. The van der Waals surface area contributed by atoms with Gasteiger partial charge in [-0.3, -0.25) is 0 Å². The van der Waals surface area contributed by atoms with Gasteiger partial charge in [0.2, 0.25) is 10.0 Å². The summed E-state index contributed by atoms with van der Waals surface area (Å²) in [4.78, 5) is -0.0546. The van der Waals surface area contributed by atoms with E-state index in [0.717, 1.165) is 5.56 Å². The second kappa shape index (κ2) is 6.80. The van der Waals surface area contributed by atoms with Crippen LogP contribution in [-0.4, -0.2) is 21.6 Å². The average molecular weight is 388 g/mol. The van der Waals surface area contributed by atoms with Crippen LogP contribution in [0.15, 0.2) is 41.3 Å². The Morgan fingerprint density at radius 2 is 1.75 bits per heavy atom. The van der Waals surface area contributed by atoms with Crippen molar-refractivity contribution in [1.82, 2.24) is 4.72 Å². The fraction of sp³-hybridized carbons (Fsp3) is 0.250. The first-order chi connectivity index (χ1) is 11.4. The highest BCUT2D eigenvalue weighted by Crippen LogP contribution is 2.33. The van der Waals surface area contributed by atoms with Gasteiger partial charge in [0.1, 0.15) is 18.1 Å². The van der Waals surface area contributed by atoms with Crippen molar-refractivity contribution in [2.24, 2.45) is 0 Å². The summed E-state index contributed by atoms with van der Waals surface area (Å²) in [6.45, 7) is 2.71. The number of rotatable bonds is 4. The van der Waals surface area contributed by atoms with Crippen molar-refractivity contribution in [2.45, 2.75) is 17.9 Å². The number of sulfonamides is 1. The summed E-state index contributed by atoms with van der Waals surface area (Å²) in [6.07, 6.45) is 0. The molecule has 0 spiro atoms. The van der Waals surface area contributed by atoms with Crippen molar-refractivity contribution in [3.8, 4) is 11.5 Å². The van der Waals surface area contributed by atoms with Crippen LogP contribution in [0, 0.1) is 0 Å². The lowest BCUT2D eigenvalue weighted by Crippen LogP contribution is -2.27. The lowest BCUT2D eigenvalue weighted by molar-refractivity contribution is 0.171. The Morgan fingerprint density at radius 3 is 2.50 bits per heavy atom. The molecule has 2 aromatic carbocycles. The summed E-state index contributed by atoms with van der Waals surface area (Å²) < 4.78 is 38.7. The van der Waals surface area contributed by atoms with Crippen LogP contribution in [0.3, 0.4) is 0 Å². The standard InChI is InChI=1S/C16H15Cl2NO4S/c1-10(11-2-5-14-15(8-11)23-7-6-22-14)19-24(20,21)16-9-12(17)3-4-13(16)18/h2-5,8-10,19H,6-7H2,1H3/t10-/m0/s1. The monoisotopic (exact) mass is 387 g/mol. The predicted molar refractivity (Wildman–Crippen MR) is 92.6 cm³/mol. The third kappa shape index (κ3) is 3.62. The molecule has 0 amide bonds. The Morgan fingerprint density at radius 1 is 1.04 bits per heavy atom. The summed E-state index contributed by atoms with van der Waals surface area (Å²) in [6, 6.07) is 9.15. The quantitative estimate of drug-likeness (QED) is 0.865. The molecule has 8 heteroatoms. The van der Waals surface area contributed by atoms with E-state index in [0.29, 0.717) is 29.7 Å². The molecule has 2 aromatic rings. The molecule has 128 valence electrons. The Labute approximate surface area is 150 Å². The topological polar surface area (TPSA) is 64.6 Å². The first kappa shape index (κ1) is 17.4. The van der Waals surface area contributed by atoms with Gasteiger partial charge in [-0.1, -0.05) is 29.3 Å². The van der Waals surface area contributed by atoms with Gasteiger partial charge >= 0.3 is 0 Å². The predicted octanol–water partition coefficient (Wildman–Crippen LogP) is 3.80. The molecule has 0 fully saturated rings. The molecule has 1 aliphatic rings. The molecular formula is C16H15Cl2NO4S. The largest absolute Gasteiger partial charge is 0.486 e. The molecule has 5 nitrogen and oxygen atoms in total. The van der Waals surface area contributed by atoms with Crippen LogP contribution in [0.2, 0.25) is 10.0 Å². The van der Waals surface area contributed by atoms with Crippen LogP contribution in [0.1, 0.15) is 18.5 Å². The third-order valence-electron chi connectivity index (χ3n) is 3.58. The van der Waals surface area contributed by atoms with Crippen molar-refractivity contribution < 1.29 is 17.9 Å². The molecule has 0 unspecified atom stereocenters. The van der Waals surface area contributed by atoms with E-state index in [2.05, 4.69) is 4.72 Å². The summed E-state index contributed by atoms with van der Waals surface area (Å²) in [5.74, 6) is 1.25. The van der Waals surface area contributed by atoms with E-state index in [4.69, 9.17) is 32.7 Å². The third-order valence-corrected chi connectivity index (χ3v) is 5.84. The Hall–Kier alpha value is -1.47. The lowest BCUT2D eigenvalue weighted by atomic mass is 10.1. The van der Waals surface area contributed by atoms with Gasteiger partial charge in [-0.2, -0.15) is 0 Å². The number of nitrogens with one attached hydrogen (secondary N) is 1. The minimum absolute atomic E-state index is 0.0546.